The number of aryl methyl sites for hydroxylation is 1. The van der Waals surface area contributed by atoms with Crippen LogP contribution in [-0.4, -0.2) is 35.7 Å². The van der Waals surface area contributed by atoms with Crippen LogP contribution in [0.5, 0.6) is 17.2 Å². The summed E-state index contributed by atoms with van der Waals surface area (Å²) in [5, 5.41) is 0.534. The van der Waals surface area contributed by atoms with Gasteiger partial charge in [-0.15, -0.1) is 0 Å². The third-order valence-corrected chi connectivity index (χ3v) is 6.35. The van der Waals surface area contributed by atoms with Gasteiger partial charge in [-0.2, -0.15) is 0 Å². The van der Waals surface area contributed by atoms with E-state index in [4.69, 9.17) is 25.8 Å². The number of carbonyl (C=O) groups is 1. The van der Waals surface area contributed by atoms with Crippen molar-refractivity contribution in [1.29, 1.82) is 0 Å². The number of methoxy groups -OCH3 is 2. The van der Waals surface area contributed by atoms with Crippen molar-refractivity contribution in [2.75, 3.05) is 20.8 Å². The van der Waals surface area contributed by atoms with Crippen molar-refractivity contribution >= 4 is 28.3 Å². The summed E-state index contributed by atoms with van der Waals surface area (Å²) < 4.78 is 18.7. The molecule has 0 radical (unpaired) electrons. The number of carbonyl (C=O) groups excluding carboxylic acids is 1. The summed E-state index contributed by atoms with van der Waals surface area (Å²) in [6.07, 6.45) is 0.469. The van der Waals surface area contributed by atoms with E-state index >= 15 is 0 Å². The number of hydrogen-bond acceptors (Lipinski definition) is 6. The van der Waals surface area contributed by atoms with E-state index in [9.17, 15) is 14.4 Å². The van der Waals surface area contributed by atoms with E-state index in [1.54, 1.807) is 12.1 Å². The average Bonchev–Trinajstić information content (AvgIpc) is 2.91. The third-order valence-electron chi connectivity index (χ3n) is 6.05. The molecule has 3 aromatic carbocycles. The third kappa shape index (κ3) is 5.39. The molecule has 0 atom stereocenters. The summed E-state index contributed by atoms with van der Waals surface area (Å²) in [5.41, 5.74) is 0.508. The molecule has 0 aliphatic heterocycles. The van der Waals surface area contributed by atoms with Crippen molar-refractivity contribution in [3.05, 3.63) is 97.7 Å². The van der Waals surface area contributed by atoms with E-state index in [1.165, 1.54) is 37.0 Å². The fourth-order valence-electron chi connectivity index (χ4n) is 4.16. The predicted molar refractivity (Wildman–Crippen MR) is 143 cm³/mol. The van der Waals surface area contributed by atoms with Crippen molar-refractivity contribution in [3.63, 3.8) is 0 Å². The smallest absolute Gasteiger partial charge is 0.331 e. The topological polar surface area (TPSA) is 88.8 Å². The number of aromatic nitrogens is 2. The van der Waals surface area contributed by atoms with Crippen LogP contribution in [0.3, 0.4) is 0 Å². The molecule has 0 N–H and O–H groups in total. The maximum Gasteiger partial charge on any atom is 0.331 e. The highest BCUT2D eigenvalue weighted by atomic mass is 35.5. The summed E-state index contributed by atoms with van der Waals surface area (Å²) in [4.78, 5) is 40.3. The van der Waals surface area contributed by atoms with E-state index in [-0.39, 0.29) is 29.8 Å². The summed E-state index contributed by atoms with van der Waals surface area (Å²) in [6.45, 7) is 2.11. The van der Waals surface area contributed by atoms with Gasteiger partial charge in [0.2, 0.25) is 0 Å². The Morgan fingerprint density at radius 1 is 0.892 bits per heavy atom. The lowest BCUT2D eigenvalue weighted by Crippen LogP contribution is -2.41. The number of ketones is 1. The molecule has 0 fully saturated rings. The number of nitrogens with zero attached hydrogens (tertiary/aromatic N) is 2. The van der Waals surface area contributed by atoms with Gasteiger partial charge in [0.15, 0.2) is 17.3 Å². The zero-order chi connectivity index (χ0) is 26.5. The molecule has 192 valence electrons. The Balaban J connectivity index is 1.83. The van der Waals surface area contributed by atoms with Crippen molar-refractivity contribution in [2.24, 2.45) is 0 Å². The molecule has 4 aromatic rings. The lowest BCUT2D eigenvalue weighted by Gasteiger charge is -2.16. The van der Waals surface area contributed by atoms with Gasteiger partial charge in [0.1, 0.15) is 5.75 Å². The minimum Gasteiger partial charge on any atom is -0.493 e. The highest BCUT2D eigenvalue weighted by Crippen LogP contribution is 2.31. The molecule has 0 unspecified atom stereocenters. The maximum atomic E-state index is 13.6. The van der Waals surface area contributed by atoms with Gasteiger partial charge in [0, 0.05) is 18.2 Å². The molecular formula is C28H27ClN2O6. The van der Waals surface area contributed by atoms with Gasteiger partial charge in [-0.3, -0.25) is 18.7 Å². The molecule has 0 aliphatic carbocycles. The minimum absolute atomic E-state index is 0.148. The van der Waals surface area contributed by atoms with Gasteiger partial charge >= 0.3 is 5.69 Å². The van der Waals surface area contributed by atoms with Crippen molar-refractivity contribution in [2.45, 2.75) is 26.4 Å². The van der Waals surface area contributed by atoms with Crippen LogP contribution in [0, 0.1) is 0 Å². The Kier molecular flexibility index (Phi) is 7.98. The average molecular weight is 523 g/mol. The van der Waals surface area contributed by atoms with Crippen LogP contribution >= 0.6 is 11.6 Å². The first-order valence-corrected chi connectivity index (χ1v) is 12.1. The van der Waals surface area contributed by atoms with Gasteiger partial charge in [0.05, 0.1) is 43.3 Å². The first-order chi connectivity index (χ1) is 17.9. The monoisotopic (exact) mass is 522 g/mol. The molecule has 0 spiro atoms. The molecule has 0 aliphatic rings. The number of benzene rings is 3. The van der Waals surface area contributed by atoms with Crippen LogP contribution in [0.15, 0.2) is 70.3 Å². The van der Waals surface area contributed by atoms with E-state index in [1.807, 2.05) is 37.3 Å². The molecule has 0 amide bonds. The molecule has 0 saturated heterocycles. The fraction of sp³-hybridized carbons (Fsp3) is 0.250. The maximum absolute atomic E-state index is 13.6. The number of halogens is 1. The summed E-state index contributed by atoms with van der Waals surface area (Å²) in [7, 11) is 2.92. The second-order valence-corrected chi connectivity index (χ2v) is 8.69. The molecule has 37 heavy (non-hydrogen) atoms. The van der Waals surface area contributed by atoms with Crippen molar-refractivity contribution < 1.29 is 19.0 Å². The van der Waals surface area contributed by atoms with Crippen LogP contribution in [0.1, 0.15) is 22.8 Å². The van der Waals surface area contributed by atoms with Crippen LogP contribution in [0.25, 0.3) is 10.9 Å². The lowest BCUT2D eigenvalue weighted by atomic mass is 10.1. The van der Waals surface area contributed by atoms with E-state index in [0.717, 1.165) is 10.1 Å². The molecule has 1 heterocycles. The molecular weight excluding hydrogens is 496 g/mol. The molecule has 9 heteroatoms. The highest BCUT2D eigenvalue weighted by Gasteiger charge is 2.20. The zero-order valence-corrected chi connectivity index (χ0v) is 21.6. The summed E-state index contributed by atoms with van der Waals surface area (Å²) >= 11 is 6.28. The Bertz CT molecular complexity index is 1560. The first kappa shape index (κ1) is 26.0. The van der Waals surface area contributed by atoms with Gasteiger partial charge in [-0.25, -0.2) is 4.79 Å². The fourth-order valence-corrected chi connectivity index (χ4v) is 4.40. The van der Waals surface area contributed by atoms with Crippen LogP contribution in [-0.2, 0) is 19.5 Å². The summed E-state index contributed by atoms with van der Waals surface area (Å²) in [6, 6.07) is 17.4. The zero-order valence-electron chi connectivity index (χ0n) is 20.8. The highest BCUT2D eigenvalue weighted by molar-refractivity contribution is 6.32. The summed E-state index contributed by atoms with van der Waals surface area (Å²) in [5.74, 6) is 0.795. The SMILES string of the molecule is CCOc1ccc(C(=O)Cn2c(=O)n(CCc3ccccc3)c(=O)c3cc(OC)c(OC)cc32)cc1Cl. The predicted octanol–water partition coefficient (Wildman–Crippen LogP) is 4.36. The number of hydrogen-bond donors (Lipinski definition) is 0. The number of rotatable bonds is 10. The second kappa shape index (κ2) is 11.3. The molecule has 8 nitrogen and oxygen atoms in total. The molecule has 1 aromatic heterocycles. The molecule has 0 saturated carbocycles. The van der Waals surface area contributed by atoms with E-state index < -0.39 is 11.2 Å². The van der Waals surface area contributed by atoms with Crippen LogP contribution in [0.4, 0.5) is 0 Å². The standard InChI is InChI=1S/C28H27ClN2O6/c1-4-37-24-11-10-19(14-21(24)29)23(32)17-31-22-16-26(36-3)25(35-2)15-20(22)27(33)30(28(31)34)13-12-18-8-6-5-7-9-18/h5-11,14-16H,4,12-13,17H2,1-3H3. The Hall–Kier alpha value is -4.04. The van der Waals surface area contributed by atoms with Crippen molar-refractivity contribution in [3.8, 4) is 17.2 Å². The number of fused-ring (bicyclic) bond motifs is 1. The van der Waals surface area contributed by atoms with E-state index in [2.05, 4.69) is 0 Å². The van der Waals surface area contributed by atoms with Gasteiger partial charge in [0.25, 0.3) is 5.56 Å². The number of ether oxygens (including phenoxy) is 3. The quantitative estimate of drug-likeness (QED) is 0.288. The molecule has 4 rings (SSSR count). The van der Waals surface area contributed by atoms with Gasteiger partial charge in [-0.05, 0) is 43.2 Å². The van der Waals surface area contributed by atoms with Crippen LogP contribution < -0.4 is 25.5 Å². The lowest BCUT2D eigenvalue weighted by molar-refractivity contribution is 0.0971. The van der Waals surface area contributed by atoms with Gasteiger partial charge in [-0.1, -0.05) is 41.9 Å². The minimum atomic E-state index is -0.592. The van der Waals surface area contributed by atoms with Crippen molar-refractivity contribution in [1.82, 2.24) is 9.13 Å². The number of Topliss-reactive ketones (excluding diaryl/α,β-unsaturated/α-hetero) is 1. The van der Waals surface area contributed by atoms with E-state index in [0.29, 0.717) is 40.9 Å². The van der Waals surface area contributed by atoms with Crippen LogP contribution in [0.2, 0.25) is 5.02 Å². The Morgan fingerprint density at radius 2 is 1.59 bits per heavy atom. The second-order valence-electron chi connectivity index (χ2n) is 8.29. The largest absolute Gasteiger partial charge is 0.493 e. The first-order valence-electron chi connectivity index (χ1n) is 11.8. The Labute approximate surface area is 218 Å². The van der Waals surface area contributed by atoms with Gasteiger partial charge < -0.3 is 14.2 Å². The Morgan fingerprint density at radius 3 is 2.24 bits per heavy atom. The normalized spacial score (nSPS) is 10.9. The molecule has 0 bridgehead atoms.